The molecule has 0 atom stereocenters. The lowest BCUT2D eigenvalue weighted by Crippen LogP contribution is -2.38. The van der Waals surface area contributed by atoms with Gasteiger partial charge in [-0.25, -0.2) is 0 Å². The zero-order valence-electron chi connectivity index (χ0n) is 14.5. The molecular formula is C21H17N3O3. The summed E-state index contributed by atoms with van der Waals surface area (Å²) in [5.74, 6) is 0.239. The summed E-state index contributed by atoms with van der Waals surface area (Å²) in [6.07, 6.45) is 3.13. The monoisotopic (exact) mass is 359 g/mol. The molecule has 0 bridgehead atoms. The molecule has 27 heavy (non-hydrogen) atoms. The number of nitrogens with zero attached hydrogens (tertiary/aromatic N) is 2. The van der Waals surface area contributed by atoms with Crippen molar-refractivity contribution in [1.29, 1.82) is 0 Å². The smallest absolute Gasteiger partial charge is 0.265 e. The zero-order valence-corrected chi connectivity index (χ0v) is 14.5. The van der Waals surface area contributed by atoms with Crippen LogP contribution < -0.4 is 15.0 Å². The summed E-state index contributed by atoms with van der Waals surface area (Å²) in [5.41, 5.74) is 2.85. The highest BCUT2D eigenvalue weighted by Gasteiger charge is 2.26. The Labute approximate surface area is 156 Å². The number of pyridine rings is 1. The van der Waals surface area contributed by atoms with Gasteiger partial charge in [0.05, 0.1) is 12.2 Å². The Morgan fingerprint density at radius 2 is 1.85 bits per heavy atom. The highest BCUT2D eigenvalue weighted by atomic mass is 16.5. The lowest BCUT2D eigenvalue weighted by Gasteiger charge is -2.29. The number of fused-ring (bicyclic) bond motifs is 1. The van der Waals surface area contributed by atoms with E-state index >= 15 is 0 Å². The van der Waals surface area contributed by atoms with E-state index in [-0.39, 0.29) is 18.4 Å². The summed E-state index contributed by atoms with van der Waals surface area (Å²) in [6, 6.07) is 18.4. The van der Waals surface area contributed by atoms with Crippen LogP contribution in [0, 0.1) is 0 Å². The van der Waals surface area contributed by atoms with Crippen molar-refractivity contribution in [3.05, 3.63) is 84.2 Å². The van der Waals surface area contributed by atoms with Gasteiger partial charge in [-0.1, -0.05) is 30.3 Å². The van der Waals surface area contributed by atoms with Gasteiger partial charge in [-0.3, -0.25) is 14.6 Å². The number of rotatable bonds is 4. The predicted octanol–water partition coefficient (Wildman–Crippen LogP) is 3.26. The van der Waals surface area contributed by atoms with E-state index in [2.05, 4.69) is 10.3 Å². The van der Waals surface area contributed by atoms with Crippen molar-refractivity contribution in [2.75, 3.05) is 16.8 Å². The number of anilines is 2. The van der Waals surface area contributed by atoms with E-state index in [0.717, 1.165) is 5.56 Å². The predicted molar refractivity (Wildman–Crippen MR) is 102 cm³/mol. The number of amides is 2. The fraction of sp³-hybridized carbons (Fsp3) is 0.0952. The second kappa shape index (κ2) is 7.29. The topological polar surface area (TPSA) is 71.5 Å². The van der Waals surface area contributed by atoms with E-state index in [1.54, 1.807) is 47.6 Å². The minimum atomic E-state index is -0.231. The Bertz CT molecular complexity index is 974. The number of aromatic nitrogens is 1. The minimum Gasteiger partial charge on any atom is -0.481 e. The molecule has 0 aliphatic carbocycles. The SMILES string of the molecule is O=C(Nc1ccc2c(c1)OCC(=O)N2Cc1ccccc1)c1ccncc1. The van der Waals surface area contributed by atoms with Crippen LogP contribution in [0.4, 0.5) is 11.4 Å². The molecule has 6 heteroatoms. The molecule has 4 rings (SSSR count). The van der Waals surface area contributed by atoms with Gasteiger partial charge in [0.2, 0.25) is 0 Å². The Balaban J connectivity index is 1.56. The molecule has 1 aliphatic rings. The van der Waals surface area contributed by atoms with Crippen LogP contribution in [0.25, 0.3) is 0 Å². The first-order valence-electron chi connectivity index (χ1n) is 8.53. The van der Waals surface area contributed by atoms with Crippen LogP contribution in [0.3, 0.4) is 0 Å². The standard InChI is InChI=1S/C21H17N3O3/c25-20-14-27-19-12-17(23-21(26)16-8-10-22-11-9-16)6-7-18(19)24(20)13-15-4-2-1-3-5-15/h1-12H,13-14H2,(H,23,26). The van der Waals surface area contributed by atoms with E-state index in [4.69, 9.17) is 4.74 Å². The molecule has 0 spiro atoms. The number of nitrogens with one attached hydrogen (secondary N) is 1. The molecule has 0 unspecified atom stereocenters. The van der Waals surface area contributed by atoms with Gasteiger partial charge in [-0.2, -0.15) is 0 Å². The molecule has 1 aromatic heterocycles. The summed E-state index contributed by atoms with van der Waals surface area (Å²) in [5, 5.41) is 2.83. The molecule has 1 N–H and O–H groups in total. The van der Waals surface area contributed by atoms with E-state index in [1.807, 2.05) is 30.3 Å². The van der Waals surface area contributed by atoms with E-state index < -0.39 is 0 Å². The van der Waals surface area contributed by atoms with Crippen molar-refractivity contribution in [3.8, 4) is 5.75 Å². The lowest BCUT2D eigenvalue weighted by atomic mass is 10.1. The first kappa shape index (κ1) is 16.8. The van der Waals surface area contributed by atoms with Crippen LogP contribution in [-0.2, 0) is 11.3 Å². The minimum absolute atomic E-state index is 0.0262. The summed E-state index contributed by atoms with van der Waals surface area (Å²) in [7, 11) is 0. The summed E-state index contributed by atoms with van der Waals surface area (Å²) in [4.78, 5) is 30.2. The van der Waals surface area contributed by atoms with Gasteiger partial charge >= 0.3 is 0 Å². The van der Waals surface area contributed by atoms with Crippen molar-refractivity contribution in [2.24, 2.45) is 0 Å². The Hall–Kier alpha value is -3.67. The van der Waals surface area contributed by atoms with E-state index in [1.165, 1.54) is 0 Å². The van der Waals surface area contributed by atoms with Crippen molar-refractivity contribution in [1.82, 2.24) is 4.98 Å². The quantitative estimate of drug-likeness (QED) is 0.776. The Kier molecular flexibility index (Phi) is 4.53. The van der Waals surface area contributed by atoms with Crippen molar-refractivity contribution in [2.45, 2.75) is 6.54 Å². The highest BCUT2D eigenvalue weighted by Crippen LogP contribution is 2.35. The molecule has 6 nitrogen and oxygen atoms in total. The lowest BCUT2D eigenvalue weighted by molar-refractivity contribution is -0.121. The maximum atomic E-state index is 12.3. The molecule has 134 valence electrons. The van der Waals surface area contributed by atoms with Gasteiger partial charge in [-0.15, -0.1) is 0 Å². The average Bonchev–Trinajstić information content (AvgIpc) is 2.71. The third-order valence-electron chi connectivity index (χ3n) is 4.29. The van der Waals surface area contributed by atoms with Crippen LogP contribution >= 0.6 is 0 Å². The highest BCUT2D eigenvalue weighted by molar-refractivity contribution is 6.05. The van der Waals surface area contributed by atoms with Gasteiger partial charge < -0.3 is 15.0 Å². The normalized spacial score (nSPS) is 12.9. The molecule has 0 fully saturated rings. The molecule has 0 radical (unpaired) electrons. The molecule has 0 saturated carbocycles. The maximum absolute atomic E-state index is 12.3. The number of ether oxygens (including phenoxy) is 1. The molecule has 0 saturated heterocycles. The third kappa shape index (κ3) is 3.64. The van der Waals surface area contributed by atoms with Crippen LogP contribution in [0.15, 0.2) is 73.1 Å². The average molecular weight is 359 g/mol. The fourth-order valence-electron chi connectivity index (χ4n) is 2.93. The van der Waals surface area contributed by atoms with Crippen molar-refractivity contribution in [3.63, 3.8) is 0 Å². The van der Waals surface area contributed by atoms with Gasteiger partial charge in [-0.05, 0) is 29.8 Å². The van der Waals surface area contributed by atoms with Gasteiger partial charge in [0.15, 0.2) is 6.61 Å². The summed E-state index contributed by atoms with van der Waals surface area (Å²) < 4.78 is 5.58. The van der Waals surface area contributed by atoms with Gasteiger partial charge in [0.25, 0.3) is 11.8 Å². The number of benzene rings is 2. The third-order valence-corrected chi connectivity index (χ3v) is 4.29. The number of carbonyl (C=O) groups excluding carboxylic acids is 2. The maximum Gasteiger partial charge on any atom is 0.265 e. The van der Waals surface area contributed by atoms with Crippen LogP contribution in [0.2, 0.25) is 0 Å². The second-order valence-electron chi connectivity index (χ2n) is 6.13. The number of carbonyl (C=O) groups is 2. The first-order chi connectivity index (χ1) is 13.2. The molecule has 3 aromatic rings. The summed E-state index contributed by atoms with van der Waals surface area (Å²) >= 11 is 0. The van der Waals surface area contributed by atoms with Gasteiger partial charge in [0, 0.05) is 29.7 Å². The van der Waals surface area contributed by atoms with E-state index in [0.29, 0.717) is 29.2 Å². The van der Waals surface area contributed by atoms with Gasteiger partial charge in [0.1, 0.15) is 5.75 Å². The molecule has 2 aromatic carbocycles. The molecular weight excluding hydrogens is 342 g/mol. The number of hydrogen-bond acceptors (Lipinski definition) is 4. The van der Waals surface area contributed by atoms with Crippen LogP contribution in [-0.4, -0.2) is 23.4 Å². The first-order valence-corrected chi connectivity index (χ1v) is 8.53. The van der Waals surface area contributed by atoms with Crippen LogP contribution in [0.5, 0.6) is 5.75 Å². The fourth-order valence-corrected chi connectivity index (χ4v) is 2.93. The zero-order chi connectivity index (χ0) is 18.6. The largest absolute Gasteiger partial charge is 0.481 e. The Morgan fingerprint density at radius 1 is 1.07 bits per heavy atom. The van der Waals surface area contributed by atoms with Crippen LogP contribution in [0.1, 0.15) is 15.9 Å². The molecule has 1 aliphatic heterocycles. The molecule has 2 heterocycles. The molecule has 2 amide bonds. The Morgan fingerprint density at radius 3 is 2.63 bits per heavy atom. The van der Waals surface area contributed by atoms with Crippen molar-refractivity contribution < 1.29 is 14.3 Å². The van der Waals surface area contributed by atoms with E-state index in [9.17, 15) is 9.59 Å². The number of hydrogen-bond donors (Lipinski definition) is 1. The summed E-state index contributed by atoms with van der Waals surface area (Å²) in [6.45, 7) is 0.445. The van der Waals surface area contributed by atoms with Crippen molar-refractivity contribution >= 4 is 23.2 Å². The second-order valence-corrected chi connectivity index (χ2v) is 6.13.